The van der Waals surface area contributed by atoms with E-state index < -0.39 is 21.4 Å². The van der Waals surface area contributed by atoms with Crippen LogP contribution in [0, 0.1) is 32.1 Å². The lowest BCUT2D eigenvalue weighted by Gasteiger charge is -2.16. The highest BCUT2D eigenvalue weighted by Gasteiger charge is 2.26. The predicted molar refractivity (Wildman–Crippen MR) is 140 cm³/mol. The Balaban J connectivity index is 1.79. The normalized spacial score (nSPS) is 11.1. The molecule has 0 aliphatic rings. The molecule has 2 N–H and O–H groups in total. The summed E-state index contributed by atoms with van der Waals surface area (Å²) >= 11 is 0. The molecule has 4 aromatic rings. The number of hydrogen-bond donors (Lipinski definition) is 1. The van der Waals surface area contributed by atoms with Crippen LogP contribution in [0.5, 0.6) is 11.6 Å². The van der Waals surface area contributed by atoms with Gasteiger partial charge in [0.05, 0.1) is 22.9 Å². The van der Waals surface area contributed by atoms with Crippen LogP contribution in [0.4, 0.5) is 5.82 Å². The molecule has 9 heteroatoms. The Bertz CT molecular complexity index is 1650. The Morgan fingerprint density at radius 3 is 2.35 bits per heavy atom. The number of carbonyl (C=O) groups excluding carboxylic acids is 1. The van der Waals surface area contributed by atoms with Gasteiger partial charge in [-0.15, -0.1) is 0 Å². The largest absolute Gasteiger partial charge is 0.438 e. The number of benzene rings is 2. The average molecular weight is 513 g/mol. The fourth-order valence-corrected chi connectivity index (χ4v) is 5.17. The molecule has 0 bridgehead atoms. The zero-order valence-corrected chi connectivity index (χ0v) is 21.3. The molecule has 0 saturated carbocycles. The molecule has 0 saturated heterocycles. The van der Waals surface area contributed by atoms with Gasteiger partial charge in [0.2, 0.25) is 15.7 Å². The summed E-state index contributed by atoms with van der Waals surface area (Å²) in [5, 5.41) is 8.98. The summed E-state index contributed by atoms with van der Waals surface area (Å²) < 4.78 is 32.0. The van der Waals surface area contributed by atoms with Gasteiger partial charge in [-0.3, -0.25) is 4.79 Å². The minimum absolute atomic E-state index is 0.00652. The Kier molecular flexibility index (Phi) is 7.05. The van der Waals surface area contributed by atoms with Crippen LogP contribution in [-0.4, -0.2) is 29.9 Å². The number of nitrogens with zero attached hydrogens (tertiary/aromatic N) is 3. The topological polar surface area (TPSA) is 136 Å². The first-order valence-corrected chi connectivity index (χ1v) is 13.0. The van der Waals surface area contributed by atoms with Crippen molar-refractivity contribution in [1.82, 2.24) is 9.97 Å². The molecule has 0 spiro atoms. The molecule has 0 unspecified atom stereocenters. The van der Waals surface area contributed by atoms with E-state index in [9.17, 15) is 18.5 Å². The van der Waals surface area contributed by atoms with Gasteiger partial charge < -0.3 is 10.5 Å². The molecule has 0 amide bonds. The minimum atomic E-state index is -4.07. The van der Waals surface area contributed by atoms with Crippen molar-refractivity contribution >= 4 is 21.4 Å². The highest BCUT2D eigenvalue weighted by molar-refractivity contribution is 7.92. The van der Waals surface area contributed by atoms with Crippen molar-refractivity contribution in [3.63, 3.8) is 0 Å². The molecule has 8 nitrogen and oxygen atoms in total. The number of nitrogens with two attached hydrogens (primary N) is 1. The van der Waals surface area contributed by atoms with Crippen molar-refractivity contribution in [3.8, 4) is 29.0 Å². The van der Waals surface area contributed by atoms with E-state index in [0.29, 0.717) is 22.6 Å². The van der Waals surface area contributed by atoms with E-state index in [-0.39, 0.29) is 22.3 Å². The minimum Gasteiger partial charge on any atom is -0.438 e. The molecule has 186 valence electrons. The number of aromatic nitrogens is 2. The van der Waals surface area contributed by atoms with Gasteiger partial charge >= 0.3 is 0 Å². The van der Waals surface area contributed by atoms with Crippen LogP contribution in [0.3, 0.4) is 0 Å². The molecule has 4 rings (SSSR count). The third-order valence-electron chi connectivity index (χ3n) is 5.64. The van der Waals surface area contributed by atoms with Gasteiger partial charge in [0, 0.05) is 5.56 Å². The third kappa shape index (κ3) is 5.66. The van der Waals surface area contributed by atoms with Gasteiger partial charge in [0.25, 0.3) is 0 Å². The van der Waals surface area contributed by atoms with Gasteiger partial charge in [-0.2, -0.15) is 5.26 Å². The van der Waals surface area contributed by atoms with Crippen molar-refractivity contribution in [2.75, 3.05) is 11.5 Å². The van der Waals surface area contributed by atoms with Crippen molar-refractivity contribution in [2.45, 2.75) is 25.8 Å². The van der Waals surface area contributed by atoms with Gasteiger partial charge in [0.15, 0.2) is 10.8 Å². The van der Waals surface area contributed by atoms with E-state index in [4.69, 9.17) is 10.5 Å². The highest BCUT2D eigenvalue weighted by atomic mass is 32.2. The molecule has 2 aromatic carbocycles. The molecular formula is C28H24N4O4S. The number of nitrogen functional groups attached to an aromatic ring is 1. The predicted octanol–water partition coefficient (Wildman–Crippen LogP) is 4.97. The first-order valence-electron chi connectivity index (χ1n) is 11.3. The standard InChI is InChI=1S/C28H24N4O4S/c1-17-12-18(2)27(19(3)13-17)36-28-22(10-11-23(31-28)21-7-4-6-20(14-21)15-29)24(33)16-37(34,35)26-9-5-8-25(30)32-26/h4-14H,16H2,1-3H3,(H2,30,32). The lowest BCUT2D eigenvalue weighted by atomic mass is 10.1. The molecule has 0 aliphatic heterocycles. The Labute approximate surface area is 215 Å². The lowest BCUT2D eigenvalue weighted by Crippen LogP contribution is -2.19. The Morgan fingerprint density at radius 1 is 0.973 bits per heavy atom. The molecule has 0 atom stereocenters. The number of carbonyl (C=O) groups is 1. The van der Waals surface area contributed by atoms with Crippen LogP contribution < -0.4 is 10.5 Å². The number of rotatable bonds is 7. The monoisotopic (exact) mass is 512 g/mol. The maximum Gasteiger partial charge on any atom is 0.230 e. The number of sulfone groups is 1. The quantitative estimate of drug-likeness (QED) is 0.343. The summed E-state index contributed by atoms with van der Waals surface area (Å²) in [6, 6.07) is 20.1. The smallest absolute Gasteiger partial charge is 0.230 e. The molecule has 0 fully saturated rings. The molecule has 37 heavy (non-hydrogen) atoms. The summed E-state index contributed by atoms with van der Waals surface area (Å²) in [7, 11) is -4.07. The van der Waals surface area contributed by atoms with E-state index in [0.717, 1.165) is 16.7 Å². The fraction of sp³-hybridized carbons (Fsp3) is 0.143. The second-order valence-corrected chi connectivity index (χ2v) is 10.6. The van der Waals surface area contributed by atoms with Crippen molar-refractivity contribution in [2.24, 2.45) is 0 Å². The number of anilines is 1. The van der Waals surface area contributed by atoms with Crippen molar-refractivity contribution < 1.29 is 17.9 Å². The van der Waals surface area contributed by atoms with E-state index in [1.54, 1.807) is 30.3 Å². The number of pyridine rings is 2. The second kappa shape index (κ2) is 10.2. The number of aryl methyl sites for hydroxylation is 3. The molecule has 0 aliphatic carbocycles. The average Bonchev–Trinajstić information content (AvgIpc) is 2.86. The molecule has 2 heterocycles. The second-order valence-electron chi connectivity index (χ2n) is 8.65. The van der Waals surface area contributed by atoms with Gasteiger partial charge in [-0.05, 0) is 68.3 Å². The maximum absolute atomic E-state index is 13.3. The van der Waals surface area contributed by atoms with Gasteiger partial charge in [-0.25, -0.2) is 18.4 Å². The SMILES string of the molecule is Cc1cc(C)c(Oc2nc(-c3cccc(C#N)c3)ccc2C(=O)CS(=O)(=O)c2cccc(N)n2)c(C)c1. The summed E-state index contributed by atoms with van der Waals surface area (Å²) in [4.78, 5) is 21.7. The summed E-state index contributed by atoms with van der Waals surface area (Å²) in [5.41, 5.74) is 9.93. The molecule has 2 aromatic heterocycles. The summed E-state index contributed by atoms with van der Waals surface area (Å²) in [5.74, 6) is -1.01. The number of ether oxygens (including phenoxy) is 1. The molecular weight excluding hydrogens is 488 g/mol. The Hall–Kier alpha value is -4.55. The van der Waals surface area contributed by atoms with Crippen molar-refractivity contribution in [3.05, 3.63) is 94.5 Å². The van der Waals surface area contributed by atoms with Crippen LogP contribution in [0.15, 0.2) is 71.8 Å². The zero-order chi connectivity index (χ0) is 26.7. The van der Waals surface area contributed by atoms with Crippen LogP contribution in [0.25, 0.3) is 11.3 Å². The number of ketones is 1. The van der Waals surface area contributed by atoms with E-state index in [2.05, 4.69) is 16.0 Å². The Morgan fingerprint density at radius 2 is 1.68 bits per heavy atom. The zero-order valence-electron chi connectivity index (χ0n) is 20.5. The first-order chi connectivity index (χ1) is 17.6. The molecule has 0 radical (unpaired) electrons. The fourth-order valence-electron chi connectivity index (χ4n) is 3.99. The van der Waals surface area contributed by atoms with E-state index in [1.165, 1.54) is 24.3 Å². The number of nitriles is 1. The van der Waals surface area contributed by atoms with Crippen LogP contribution in [-0.2, 0) is 9.84 Å². The first kappa shape index (κ1) is 25.5. The van der Waals surface area contributed by atoms with E-state index >= 15 is 0 Å². The third-order valence-corrected chi connectivity index (χ3v) is 7.14. The van der Waals surface area contributed by atoms with Crippen LogP contribution >= 0.6 is 0 Å². The van der Waals surface area contributed by atoms with Crippen LogP contribution in [0.1, 0.15) is 32.6 Å². The number of Topliss-reactive ketones (excluding diaryl/α,β-unsaturated/α-hetero) is 1. The lowest BCUT2D eigenvalue weighted by molar-refractivity contribution is 0.101. The maximum atomic E-state index is 13.3. The van der Waals surface area contributed by atoms with Gasteiger partial charge in [-0.1, -0.05) is 35.9 Å². The summed E-state index contributed by atoms with van der Waals surface area (Å²) in [6.07, 6.45) is 0. The summed E-state index contributed by atoms with van der Waals surface area (Å²) in [6.45, 7) is 5.73. The van der Waals surface area contributed by atoms with Crippen LogP contribution in [0.2, 0.25) is 0 Å². The van der Waals surface area contributed by atoms with Crippen molar-refractivity contribution in [1.29, 1.82) is 5.26 Å². The van der Waals surface area contributed by atoms with E-state index in [1.807, 2.05) is 32.9 Å². The highest BCUT2D eigenvalue weighted by Crippen LogP contribution is 2.33. The van der Waals surface area contributed by atoms with Gasteiger partial charge in [0.1, 0.15) is 17.3 Å². The number of hydrogen-bond acceptors (Lipinski definition) is 8.